The maximum atomic E-state index is 11.1. The summed E-state index contributed by atoms with van der Waals surface area (Å²) < 4.78 is 5.07. The number of carbonyl (C=O) groups excluding carboxylic acids is 1. The van der Waals surface area contributed by atoms with E-state index in [1.807, 2.05) is 0 Å². The van der Waals surface area contributed by atoms with Gasteiger partial charge in [-0.15, -0.1) is 0 Å². The third-order valence-electron chi connectivity index (χ3n) is 1.59. The number of hydrogen-bond acceptors (Lipinski definition) is 6. The summed E-state index contributed by atoms with van der Waals surface area (Å²) >= 11 is 3.95. The Kier molecular flexibility index (Phi) is 4.78. The summed E-state index contributed by atoms with van der Waals surface area (Å²) in [6.07, 6.45) is -0.907. The van der Waals surface area contributed by atoms with Gasteiger partial charge < -0.3 is 9.84 Å². The van der Waals surface area contributed by atoms with Crippen molar-refractivity contribution in [2.24, 2.45) is 0 Å². The predicted octanol–water partition coefficient (Wildman–Crippen LogP) is 0.972. The maximum absolute atomic E-state index is 11.1. The molecular weight excluding hydrogens is 228 g/mol. The molecule has 13 heavy (non-hydrogen) atoms. The number of esters is 1. The topological polar surface area (TPSA) is 46.5 Å². The summed E-state index contributed by atoms with van der Waals surface area (Å²) in [4.78, 5) is 11.1. The molecule has 0 aromatic heterocycles. The largest absolute Gasteiger partial charge is 0.458 e. The van der Waals surface area contributed by atoms with Gasteiger partial charge >= 0.3 is 5.97 Å². The molecule has 1 saturated heterocycles. The summed E-state index contributed by atoms with van der Waals surface area (Å²) in [5, 5.41) is 9.04. The first-order valence-electron chi connectivity index (χ1n) is 3.92. The molecule has 1 unspecified atom stereocenters. The van der Waals surface area contributed by atoms with Gasteiger partial charge in [0.25, 0.3) is 0 Å². The van der Waals surface area contributed by atoms with Gasteiger partial charge in [0, 0.05) is 11.5 Å². The van der Waals surface area contributed by atoms with Crippen molar-refractivity contribution in [2.75, 3.05) is 11.5 Å². The van der Waals surface area contributed by atoms with Crippen LogP contribution in [-0.2, 0) is 9.53 Å². The van der Waals surface area contributed by atoms with Crippen molar-refractivity contribution < 1.29 is 14.6 Å². The standard InChI is InChI=1S/C7H12O3S3/c1-4(11)7(9)10-6-3-13-12-2-5(6)8/h4-6,8,11H,2-3H2,1H3/t4?,5-,6-/m0/s1. The molecule has 1 N–H and O–H groups in total. The number of aliphatic hydroxyl groups is 1. The van der Waals surface area contributed by atoms with Crippen LogP contribution in [0.25, 0.3) is 0 Å². The molecule has 3 nitrogen and oxygen atoms in total. The quantitative estimate of drug-likeness (QED) is 0.428. The Morgan fingerprint density at radius 1 is 1.62 bits per heavy atom. The van der Waals surface area contributed by atoms with E-state index in [-0.39, 0.29) is 12.1 Å². The van der Waals surface area contributed by atoms with Crippen LogP contribution in [0.3, 0.4) is 0 Å². The monoisotopic (exact) mass is 240 g/mol. The zero-order chi connectivity index (χ0) is 9.84. The summed E-state index contributed by atoms with van der Waals surface area (Å²) in [5.74, 6) is 0.904. The second kappa shape index (κ2) is 5.38. The Bertz CT molecular complexity index is 186. The second-order valence-electron chi connectivity index (χ2n) is 2.79. The Labute approximate surface area is 90.8 Å². The summed E-state index contributed by atoms with van der Waals surface area (Å²) in [6.45, 7) is 1.66. The van der Waals surface area contributed by atoms with E-state index in [1.165, 1.54) is 0 Å². The van der Waals surface area contributed by atoms with E-state index in [0.717, 1.165) is 0 Å². The highest BCUT2D eigenvalue weighted by molar-refractivity contribution is 8.76. The zero-order valence-corrected chi connectivity index (χ0v) is 9.70. The van der Waals surface area contributed by atoms with E-state index in [2.05, 4.69) is 12.6 Å². The molecule has 76 valence electrons. The molecule has 0 spiro atoms. The molecule has 0 aromatic carbocycles. The van der Waals surface area contributed by atoms with Gasteiger partial charge in [-0.05, 0) is 6.92 Å². The van der Waals surface area contributed by atoms with Crippen molar-refractivity contribution in [1.82, 2.24) is 0 Å². The molecule has 0 bridgehead atoms. The highest BCUT2D eigenvalue weighted by atomic mass is 33.1. The van der Waals surface area contributed by atoms with Crippen LogP contribution in [0, 0.1) is 0 Å². The lowest BCUT2D eigenvalue weighted by Crippen LogP contribution is -2.38. The fourth-order valence-corrected chi connectivity index (χ4v) is 3.24. The first kappa shape index (κ1) is 11.6. The number of thiol groups is 1. The lowest BCUT2D eigenvalue weighted by Gasteiger charge is -2.26. The fraction of sp³-hybridized carbons (Fsp3) is 0.857. The van der Waals surface area contributed by atoms with Crippen molar-refractivity contribution in [3.8, 4) is 0 Å². The molecule has 0 saturated carbocycles. The lowest BCUT2D eigenvalue weighted by atomic mass is 10.2. The Hall–Kier alpha value is 0.480. The fourth-order valence-electron chi connectivity index (χ4n) is 0.812. The average molecular weight is 240 g/mol. The third-order valence-corrected chi connectivity index (χ3v) is 4.23. The Balaban J connectivity index is 2.38. The van der Waals surface area contributed by atoms with Crippen LogP contribution in [0.5, 0.6) is 0 Å². The number of rotatable bonds is 2. The highest BCUT2D eigenvalue weighted by Gasteiger charge is 2.28. The van der Waals surface area contributed by atoms with Gasteiger partial charge in [-0.1, -0.05) is 21.6 Å². The van der Waals surface area contributed by atoms with E-state index in [9.17, 15) is 9.90 Å². The van der Waals surface area contributed by atoms with Crippen LogP contribution >= 0.6 is 34.2 Å². The van der Waals surface area contributed by atoms with Crippen molar-refractivity contribution in [2.45, 2.75) is 24.4 Å². The minimum Gasteiger partial charge on any atom is -0.458 e. The molecular formula is C7H12O3S3. The first-order valence-corrected chi connectivity index (χ1v) is 6.92. The van der Waals surface area contributed by atoms with E-state index in [1.54, 1.807) is 28.5 Å². The molecule has 0 aliphatic carbocycles. The molecule has 1 fully saturated rings. The molecule has 0 aromatic rings. The van der Waals surface area contributed by atoms with Crippen molar-refractivity contribution in [3.05, 3.63) is 0 Å². The van der Waals surface area contributed by atoms with Gasteiger partial charge in [-0.3, -0.25) is 4.79 Å². The van der Waals surface area contributed by atoms with E-state index in [4.69, 9.17) is 4.74 Å². The molecule has 0 radical (unpaired) electrons. The normalized spacial score (nSPS) is 31.0. The smallest absolute Gasteiger partial charge is 0.318 e. The van der Waals surface area contributed by atoms with Crippen LogP contribution in [0.2, 0.25) is 0 Å². The van der Waals surface area contributed by atoms with E-state index >= 15 is 0 Å². The Morgan fingerprint density at radius 3 is 2.77 bits per heavy atom. The first-order chi connectivity index (χ1) is 6.11. The molecule has 1 rings (SSSR count). The number of ether oxygens (including phenoxy) is 1. The van der Waals surface area contributed by atoms with Crippen LogP contribution < -0.4 is 0 Å². The third kappa shape index (κ3) is 3.61. The van der Waals surface area contributed by atoms with Gasteiger partial charge in [0.2, 0.25) is 0 Å². The highest BCUT2D eigenvalue weighted by Crippen LogP contribution is 2.31. The van der Waals surface area contributed by atoms with Crippen LogP contribution in [-0.4, -0.2) is 40.0 Å². The van der Waals surface area contributed by atoms with Gasteiger partial charge in [0.1, 0.15) is 12.2 Å². The molecule has 1 heterocycles. The molecule has 1 aliphatic heterocycles. The van der Waals surface area contributed by atoms with E-state index < -0.39 is 11.4 Å². The maximum Gasteiger partial charge on any atom is 0.318 e. The minimum absolute atomic E-state index is 0.361. The molecule has 1 aliphatic rings. The van der Waals surface area contributed by atoms with Gasteiger partial charge in [0.15, 0.2) is 0 Å². The van der Waals surface area contributed by atoms with Crippen molar-refractivity contribution >= 4 is 40.2 Å². The number of hydrogen-bond donors (Lipinski definition) is 2. The van der Waals surface area contributed by atoms with Gasteiger partial charge in [-0.25, -0.2) is 0 Å². The summed E-state index contributed by atoms with van der Waals surface area (Å²) in [5.41, 5.74) is 0. The predicted molar refractivity (Wildman–Crippen MR) is 59.3 cm³/mol. The number of carbonyl (C=O) groups is 1. The zero-order valence-electron chi connectivity index (χ0n) is 7.17. The number of aliphatic hydroxyl groups excluding tert-OH is 1. The lowest BCUT2D eigenvalue weighted by molar-refractivity contribution is -0.151. The summed E-state index contributed by atoms with van der Waals surface area (Å²) in [7, 11) is 3.21. The summed E-state index contributed by atoms with van der Waals surface area (Å²) in [6, 6.07) is 0. The minimum atomic E-state index is -0.540. The molecule has 6 heteroatoms. The molecule has 0 amide bonds. The van der Waals surface area contributed by atoms with Crippen LogP contribution in [0.4, 0.5) is 0 Å². The second-order valence-corrected chi connectivity index (χ2v) is 6.11. The van der Waals surface area contributed by atoms with Gasteiger partial charge in [0.05, 0.1) is 5.25 Å². The van der Waals surface area contributed by atoms with Crippen LogP contribution in [0.15, 0.2) is 0 Å². The van der Waals surface area contributed by atoms with Crippen molar-refractivity contribution in [1.29, 1.82) is 0 Å². The van der Waals surface area contributed by atoms with Crippen LogP contribution in [0.1, 0.15) is 6.92 Å². The van der Waals surface area contributed by atoms with Crippen molar-refractivity contribution in [3.63, 3.8) is 0 Å². The Morgan fingerprint density at radius 2 is 2.23 bits per heavy atom. The van der Waals surface area contributed by atoms with E-state index in [0.29, 0.717) is 11.5 Å². The SMILES string of the molecule is CC(S)C(=O)O[C@H]1CSSC[C@@H]1O. The molecule has 3 atom stereocenters. The average Bonchev–Trinajstić information content (AvgIpc) is 2.08. The van der Waals surface area contributed by atoms with Gasteiger partial charge in [-0.2, -0.15) is 12.6 Å².